The number of benzene rings is 1. The van der Waals surface area contributed by atoms with Crippen LogP contribution < -0.4 is 10.6 Å². The minimum absolute atomic E-state index is 0.0731. The van der Waals surface area contributed by atoms with Crippen molar-refractivity contribution in [2.75, 3.05) is 96.5 Å². The van der Waals surface area contributed by atoms with Gasteiger partial charge in [-0.1, -0.05) is 22.0 Å². The third-order valence-corrected chi connectivity index (χ3v) is 6.44. The van der Waals surface area contributed by atoms with Crippen molar-refractivity contribution < 1.29 is 47.6 Å². The van der Waals surface area contributed by atoms with Gasteiger partial charge in [-0.05, 0) is 18.6 Å². The molecule has 1 unspecified atom stereocenters. The van der Waals surface area contributed by atoms with E-state index in [4.69, 9.17) is 28.4 Å². The lowest BCUT2D eigenvalue weighted by molar-refractivity contribution is -0.136. The van der Waals surface area contributed by atoms with Crippen LogP contribution in [0.1, 0.15) is 33.6 Å². The molecule has 2 N–H and O–H groups in total. The fourth-order valence-electron chi connectivity index (χ4n) is 4.18. The zero-order valence-electron chi connectivity index (χ0n) is 23.0. The lowest BCUT2D eigenvalue weighted by Crippen LogP contribution is -2.54. The summed E-state index contributed by atoms with van der Waals surface area (Å²) in [4.78, 5) is 50.6. The first-order valence-electron chi connectivity index (χ1n) is 13.7. The van der Waals surface area contributed by atoms with Crippen LogP contribution in [0.4, 0.5) is 5.69 Å². The summed E-state index contributed by atoms with van der Waals surface area (Å²) < 4.78 is 32.6. The molecule has 2 aliphatic rings. The second kappa shape index (κ2) is 18.9. The van der Waals surface area contributed by atoms with Crippen molar-refractivity contribution in [1.29, 1.82) is 0 Å². The standard InChI is InChI=1S/C27H38BrN3O10/c28-6-8-36-10-12-38-14-16-40-18-19-41-17-15-39-13-11-37-9-7-29-21-3-1-2-20-24(21)27(35)31(26(20)34)22-4-5-23(32)30-25(22)33/h1-3,22,29H,4-19H2,(H,30,32,33). The largest absolute Gasteiger partial charge is 0.382 e. The highest BCUT2D eigenvalue weighted by atomic mass is 79.9. The number of fused-ring (bicyclic) bond motifs is 1. The molecule has 0 aliphatic carbocycles. The summed E-state index contributed by atoms with van der Waals surface area (Å²) in [6, 6.07) is 3.92. The van der Waals surface area contributed by atoms with Gasteiger partial charge in [-0.15, -0.1) is 0 Å². The Bertz CT molecular complexity index is 1010. The van der Waals surface area contributed by atoms with Gasteiger partial charge in [0.05, 0.1) is 90.4 Å². The van der Waals surface area contributed by atoms with E-state index in [2.05, 4.69) is 26.6 Å². The van der Waals surface area contributed by atoms with Gasteiger partial charge < -0.3 is 33.7 Å². The molecular formula is C27H38BrN3O10. The summed E-state index contributed by atoms with van der Waals surface area (Å²) in [5.41, 5.74) is 0.930. The second-order valence-electron chi connectivity index (χ2n) is 8.97. The molecule has 0 aromatic heterocycles. The number of imide groups is 2. The number of nitrogens with zero attached hydrogens (tertiary/aromatic N) is 1. The molecular weight excluding hydrogens is 606 g/mol. The first-order valence-corrected chi connectivity index (χ1v) is 14.8. The number of alkyl halides is 1. The summed E-state index contributed by atoms with van der Waals surface area (Å²) in [6.45, 7) is 6.23. The van der Waals surface area contributed by atoms with Gasteiger partial charge in [0.2, 0.25) is 11.8 Å². The molecule has 1 atom stereocenters. The molecule has 0 radical (unpaired) electrons. The van der Waals surface area contributed by atoms with Crippen molar-refractivity contribution in [3.05, 3.63) is 29.3 Å². The number of ether oxygens (including phenoxy) is 6. The molecule has 1 aromatic rings. The van der Waals surface area contributed by atoms with Crippen molar-refractivity contribution in [3.8, 4) is 0 Å². The van der Waals surface area contributed by atoms with Gasteiger partial charge in [-0.3, -0.25) is 29.4 Å². The van der Waals surface area contributed by atoms with Gasteiger partial charge in [-0.2, -0.15) is 0 Å². The minimum atomic E-state index is -1.00. The van der Waals surface area contributed by atoms with Gasteiger partial charge in [-0.25, -0.2) is 0 Å². The lowest BCUT2D eigenvalue weighted by atomic mass is 10.0. The predicted molar refractivity (Wildman–Crippen MR) is 150 cm³/mol. The molecule has 14 heteroatoms. The predicted octanol–water partition coefficient (Wildman–Crippen LogP) is 0.994. The molecule has 228 valence electrons. The quantitative estimate of drug-likeness (QED) is 0.106. The van der Waals surface area contributed by atoms with Crippen LogP contribution in [0, 0.1) is 0 Å². The van der Waals surface area contributed by atoms with Gasteiger partial charge >= 0.3 is 0 Å². The average Bonchev–Trinajstić information content (AvgIpc) is 3.22. The molecule has 1 saturated heterocycles. The van der Waals surface area contributed by atoms with Crippen LogP contribution in [0.2, 0.25) is 0 Å². The van der Waals surface area contributed by atoms with E-state index < -0.39 is 29.7 Å². The van der Waals surface area contributed by atoms with E-state index in [9.17, 15) is 19.2 Å². The maximum Gasteiger partial charge on any atom is 0.264 e. The number of halogens is 1. The van der Waals surface area contributed by atoms with E-state index in [-0.39, 0.29) is 24.0 Å². The van der Waals surface area contributed by atoms with Crippen molar-refractivity contribution >= 4 is 45.2 Å². The Kier molecular flexibility index (Phi) is 15.2. The van der Waals surface area contributed by atoms with E-state index in [1.54, 1.807) is 18.2 Å². The monoisotopic (exact) mass is 643 g/mol. The SMILES string of the molecule is O=C1CCC(N2C(=O)c3cccc(NCCOCCOCCOCCOCCOCCOCCBr)c3C2=O)C(=O)N1. The number of rotatable bonds is 22. The van der Waals surface area contributed by atoms with Crippen LogP contribution in [0.15, 0.2) is 18.2 Å². The Morgan fingerprint density at radius 1 is 0.756 bits per heavy atom. The van der Waals surface area contributed by atoms with E-state index in [0.29, 0.717) is 91.5 Å². The third-order valence-electron chi connectivity index (χ3n) is 6.11. The number of carbonyl (C=O) groups excluding carboxylic acids is 4. The van der Waals surface area contributed by atoms with Crippen molar-refractivity contribution in [2.24, 2.45) is 0 Å². The summed E-state index contributed by atoms with van der Waals surface area (Å²) in [6.07, 6.45) is 0.185. The van der Waals surface area contributed by atoms with Crippen LogP contribution >= 0.6 is 15.9 Å². The molecule has 0 saturated carbocycles. The zero-order valence-corrected chi connectivity index (χ0v) is 24.6. The molecule has 1 fully saturated rings. The van der Waals surface area contributed by atoms with Crippen LogP contribution in [0.25, 0.3) is 0 Å². The minimum Gasteiger partial charge on any atom is -0.382 e. The Labute approximate surface area is 247 Å². The molecule has 2 aliphatic heterocycles. The number of anilines is 1. The molecule has 1 aromatic carbocycles. The summed E-state index contributed by atoms with van der Waals surface area (Å²) in [7, 11) is 0. The average molecular weight is 645 g/mol. The highest BCUT2D eigenvalue weighted by Crippen LogP contribution is 2.32. The van der Waals surface area contributed by atoms with E-state index in [1.165, 1.54) is 0 Å². The number of carbonyl (C=O) groups is 4. The van der Waals surface area contributed by atoms with Crippen molar-refractivity contribution in [3.63, 3.8) is 0 Å². The van der Waals surface area contributed by atoms with Crippen molar-refractivity contribution in [1.82, 2.24) is 10.2 Å². The Balaban J connectivity index is 1.19. The maximum atomic E-state index is 13.1. The summed E-state index contributed by atoms with van der Waals surface area (Å²) in [5.74, 6) is -2.14. The normalized spacial score (nSPS) is 16.8. The number of piperidine rings is 1. The van der Waals surface area contributed by atoms with Crippen molar-refractivity contribution in [2.45, 2.75) is 18.9 Å². The lowest BCUT2D eigenvalue weighted by Gasteiger charge is -2.27. The van der Waals surface area contributed by atoms with Gasteiger partial charge in [0.1, 0.15) is 6.04 Å². The van der Waals surface area contributed by atoms with Gasteiger partial charge in [0, 0.05) is 24.0 Å². The number of nitrogens with one attached hydrogen (secondary N) is 2. The fourth-order valence-corrected chi connectivity index (χ4v) is 4.41. The van der Waals surface area contributed by atoms with E-state index >= 15 is 0 Å². The fraction of sp³-hybridized carbons (Fsp3) is 0.630. The molecule has 0 spiro atoms. The Morgan fingerprint density at radius 3 is 1.83 bits per heavy atom. The third kappa shape index (κ3) is 10.7. The highest BCUT2D eigenvalue weighted by Gasteiger charge is 2.45. The first-order chi connectivity index (χ1) is 20.0. The van der Waals surface area contributed by atoms with E-state index in [1.807, 2.05) is 0 Å². The summed E-state index contributed by atoms with van der Waals surface area (Å²) in [5, 5.41) is 6.14. The number of amides is 4. The second-order valence-corrected chi connectivity index (χ2v) is 9.76. The Morgan fingerprint density at radius 2 is 1.29 bits per heavy atom. The maximum absolute atomic E-state index is 13.1. The molecule has 41 heavy (non-hydrogen) atoms. The van der Waals surface area contributed by atoms with E-state index in [0.717, 1.165) is 10.2 Å². The first kappa shape index (κ1) is 33.0. The molecule has 0 bridgehead atoms. The van der Waals surface area contributed by atoms with Crippen LogP contribution in [-0.4, -0.2) is 126 Å². The van der Waals surface area contributed by atoms with Crippen LogP contribution in [-0.2, 0) is 38.0 Å². The molecule has 13 nitrogen and oxygen atoms in total. The summed E-state index contributed by atoms with van der Waals surface area (Å²) >= 11 is 3.29. The molecule has 3 rings (SSSR count). The number of hydrogen-bond donors (Lipinski definition) is 2. The van der Waals surface area contributed by atoms with Crippen LogP contribution in [0.3, 0.4) is 0 Å². The molecule has 2 heterocycles. The van der Waals surface area contributed by atoms with Crippen LogP contribution in [0.5, 0.6) is 0 Å². The topological polar surface area (TPSA) is 151 Å². The zero-order chi connectivity index (χ0) is 29.3. The van der Waals surface area contributed by atoms with Gasteiger partial charge in [0.25, 0.3) is 11.8 Å². The number of hydrogen-bond acceptors (Lipinski definition) is 11. The smallest absolute Gasteiger partial charge is 0.264 e. The Hall–Kier alpha value is -2.46. The van der Waals surface area contributed by atoms with Gasteiger partial charge in [0.15, 0.2) is 0 Å². The molecule has 4 amide bonds. The highest BCUT2D eigenvalue weighted by molar-refractivity contribution is 9.09.